The first kappa shape index (κ1) is 13.7. The van der Waals surface area contributed by atoms with Gasteiger partial charge in [0, 0.05) is 0 Å². The summed E-state index contributed by atoms with van der Waals surface area (Å²) >= 11 is 0. The largest absolute Gasteiger partial charge is 0.312 e. The molecule has 2 nitrogen and oxygen atoms in total. The van der Waals surface area contributed by atoms with Crippen molar-refractivity contribution in [2.45, 2.75) is 40.7 Å². The number of rotatable bonds is 3. The molecule has 0 spiro atoms. The molecule has 17 heavy (non-hydrogen) atoms. The summed E-state index contributed by atoms with van der Waals surface area (Å²) in [6.45, 7) is 10.3. The molecule has 0 aliphatic carbocycles. The molecule has 1 rings (SSSR count). The molecular formula is C15H22N2. The summed E-state index contributed by atoms with van der Waals surface area (Å²) in [5, 5.41) is 12.6. The van der Waals surface area contributed by atoms with Gasteiger partial charge in [0.25, 0.3) is 0 Å². The maximum Gasteiger partial charge on any atom is 0.0712 e. The molecule has 1 unspecified atom stereocenters. The fourth-order valence-corrected chi connectivity index (χ4v) is 2.26. The van der Waals surface area contributed by atoms with E-state index in [1.54, 1.807) is 0 Å². The van der Waals surface area contributed by atoms with Gasteiger partial charge in [0.05, 0.1) is 17.5 Å². The van der Waals surface area contributed by atoms with Crippen LogP contribution in [0.4, 0.5) is 0 Å². The van der Waals surface area contributed by atoms with E-state index >= 15 is 0 Å². The van der Waals surface area contributed by atoms with Gasteiger partial charge in [0.1, 0.15) is 0 Å². The van der Waals surface area contributed by atoms with Crippen molar-refractivity contribution in [1.29, 1.82) is 5.26 Å². The Balaban J connectivity index is 3.33. The van der Waals surface area contributed by atoms with Crippen LogP contribution >= 0.6 is 0 Å². The van der Waals surface area contributed by atoms with Gasteiger partial charge in [0.2, 0.25) is 0 Å². The fraction of sp³-hybridized carbons (Fsp3) is 0.533. The quantitative estimate of drug-likeness (QED) is 0.863. The molecule has 0 fully saturated rings. The summed E-state index contributed by atoms with van der Waals surface area (Å²) in [7, 11) is 1.92. The second-order valence-electron chi connectivity index (χ2n) is 5.28. The lowest BCUT2D eigenvalue weighted by Crippen LogP contribution is -2.31. The molecule has 0 saturated carbocycles. The Morgan fingerprint density at radius 3 is 2.24 bits per heavy atom. The summed E-state index contributed by atoms with van der Waals surface area (Å²) in [4.78, 5) is 0. The lowest BCUT2D eigenvalue weighted by Gasteiger charge is -2.30. The molecule has 0 radical (unpaired) electrons. The van der Waals surface area contributed by atoms with Crippen molar-refractivity contribution in [3.05, 3.63) is 34.4 Å². The minimum absolute atomic E-state index is 0.0619. The third kappa shape index (κ3) is 2.50. The molecular weight excluding hydrogens is 208 g/mol. The van der Waals surface area contributed by atoms with Crippen LogP contribution in [-0.4, -0.2) is 7.05 Å². The van der Waals surface area contributed by atoms with Crippen molar-refractivity contribution in [2.75, 3.05) is 7.05 Å². The lowest BCUT2D eigenvalue weighted by atomic mass is 9.79. The average Bonchev–Trinajstić information content (AvgIpc) is 2.30. The zero-order valence-corrected chi connectivity index (χ0v) is 11.7. The average molecular weight is 230 g/mol. The molecule has 1 atom stereocenters. The van der Waals surface area contributed by atoms with Crippen LogP contribution in [0.25, 0.3) is 0 Å². The Hall–Kier alpha value is -1.33. The first-order valence-electron chi connectivity index (χ1n) is 6.00. The van der Waals surface area contributed by atoms with Crippen molar-refractivity contribution in [2.24, 2.45) is 5.41 Å². The first-order valence-corrected chi connectivity index (χ1v) is 6.00. The van der Waals surface area contributed by atoms with Gasteiger partial charge >= 0.3 is 0 Å². The molecule has 0 aliphatic rings. The van der Waals surface area contributed by atoms with E-state index in [-0.39, 0.29) is 6.04 Å². The number of nitrogens with one attached hydrogen (secondary N) is 1. The number of nitrogens with zero attached hydrogens (tertiary/aromatic N) is 1. The van der Waals surface area contributed by atoms with Gasteiger partial charge in [-0.2, -0.15) is 5.26 Å². The van der Waals surface area contributed by atoms with E-state index in [4.69, 9.17) is 0 Å². The number of hydrogen-bond acceptors (Lipinski definition) is 2. The summed E-state index contributed by atoms with van der Waals surface area (Å²) in [6.07, 6.45) is 0. The van der Waals surface area contributed by atoms with Crippen LogP contribution in [0.1, 0.15) is 42.1 Å². The molecule has 1 N–H and O–H groups in total. The van der Waals surface area contributed by atoms with E-state index in [0.29, 0.717) is 0 Å². The molecule has 2 heteroatoms. The van der Waals surface area contributed by atoms with Gasteiger partial charge in [-0.25, -0.2) is 0 Å². The zero-order valence-electron chi connectivity index (χ0n) is 11.7. The molecule has 0 aliphatic heterocycles. The van der Waals surface area contributed by atoms with Crippen molar-refractivity contribution >= 4 is 0 Å². The summed E-state index contributed by atoms with van der Waals surface area (Å²) in [5.41, 5.74) is 4.71. The smallest absolute Gasteiger partial charge is 0.0712 e. The Morgan fingerprint density at radius 1 is 1.18 bits per heavy atom. The van der Waals surface area contributed by atoms with Gasteiger partial charge in [-0.15, -0.1) is 0 Å². The van der Waals surface area contributed by atoms with Crippen molar-refractivity contribution in [3.63, 3.8) is 0 Å². The fourth-order valence-electron chi connectivity index (χ4n) is 2.26. The van der Waals surface area contributed by atoms with Crippen LogP contribution < -0.4 is 5.32 Å². The van der Waals surface area contributed by atoms with Crippen LogP contribution in [0.5, 0.6) is 0 Å². The predicted molar refractivity (Wildman–Crippen MR) is 71.8 cm³/mol. The second kappa shape index (κ2) is 4.89. The van der Waals surface area contributed by atoms with Crippen LogP contribution in [0.2, 0.25) is 0 Å². The molecule has 0 heterocycles. The third-order valence-electron chi connectivity index (χ3n) is 3.71. The van der Waals surface area contributed by atoms with E-state index in [2.05, 4.69) is 44.3 Å². The SMILES string of the molecule is CNC(c1ccc(C)c(C)c1C)C(C)(C)C#N. The lowest BCUT2D eigenvalue weighted by molar-refractivity contribution is 0.343. The van der Waals surface area contributed by atoms with E-state index in [0.717, 1.165) is 0 Å². The standard InChI is InChI=1S/C15H22N2/c1-10-7-8-13(12(3)11(10)2)14(17-6)15(4,5)9-16/h7-8,14,17H,1-6H3. The number of hydrogen-bond donors (Lipinski definition) is 1. The summed E-state index contributed by atoms with van der Waals surface area (Å²) in [6, 6.07) is 6.72. The van der Waals surface area contributed by atoms with Gasteiger partial charge in [0.15, 0.2) is 0 Å². The summed E-state index contributed by atoms with van der Waals surface area (Å²) in [5.74, 6) is 0. The predicted octanol–water partition coefficient (Wildman–Crippen LogP) is 3.42. The molecule has 1 aromatic carbocycles. The van der Waals surface area contributed by atoms with Crippen LogP contribution in [0, 0.1) is 37.5 Å². The normalized spacial score (nSPS) is 13.2. The molecule has 0 amide bonds. The zero-order chi connectivity index (χ0) is 13.2. The van der Waals surface area contributed by atoms with Crippen LogP contribution in [0.3, 0.4) is 0 Å². The van der Waals surface area contributed by atoms with Gasteiger partial charge < -0.3 is 5.32 Å². The van der Waals surface area contributed by atoms with Gasteiger partial charge in [-0.3, -0.25) is 0 Å². The Labute approximate surface area is 105 Å². The molecule has 0 bridgehead atoms. The van der Waals surface area contributed by atoms with Crippen LogP contribution in [-0.2, 0) is 0 Å². The number of benzene rings is 1. The highest BCUT2D eigenvalue weighted by Crippen LogP contribution is 2.35. The molecule has 1 aromatic rings. The topological polar surface area (TPSA) is 35.8 Å². The van der Waals surface area contributed by atoms with E-state index < -0.39 is 5.41 Å². The highest BCUT2D eigenvalue weighted by Gasteiger charge is 2.30. The monoisotopic (exact) mass is 230 g/mol. The molecule has 0 saturated heterocycles. The van der Waals surface area contributed by atoms with Crippen molar-refractivity contribution in [3.8, 4) is 6.07 Å². The molecule has 0 aromatic heterocycles. The highest BCUT2D eigenvalue weighted by atomic mass is 14.9. The molecule has 92 valence electrons. The maximum absolute atomic E-state index is 9.28. The van der Waals surface area contributed by atoms with Gasteiger partial charge in [-0.1, -0.05) is 12.1 Å². The highest BCUT2D eigenvalue weighted by molar-refractivity contribution is 5.41. The van der Waals surface area contributed by atoms with Crippen molar-refractivity contribution in [1.82, 2.24) is 5.32 Å². The first-order chi connectivity index (χ1) is 7.85. The maximum atomic E-state index is 9.28. The van der Waals surface area contributed by atoms with E-state index in [1.807, 2.05) is 20.9 Å². The van der Waals surface area contributed by atoms with E-state index in [9.17, 15) is 5.26 Å². The number of aryl methyl sites for hydroxylation is 1. The summed E-state index contributed by atoms with van der Waals surface area (Å²) < 4.78 is 0. The minimum Gasteiger partial charge on any atom is -0.312 e. The second-order valence-corrected chi connectivity index (χ2v) is 5.28. The Morgan fingerprint density at radius 2 is 1.76 bits per heavy atom. The Bertz CT molecular complexity index is 453. The third-order valence-corrected chi connectivity index (χ3v) is 3.71. The van der Waals surface area contributed by atoms with Crippen LogP contribution in [0.15, 0.2) is 12.1 Å². The minimum atomic E-state index is -0.415. The Kier molecular flexibility index (Phi) is 3.95. The van der Waals surface area contributed by atoms with Crippen molar-refractivity contribution < 1.29 is 0 Å². The van der Waals surface area contributed by atoms with Gasteiger partial charge in [-0.05, 0) is 63.9 Å². The van der Waals surface area contributed by atoms with E-state index in [1.165, 1.54) is 22.3 Å². The number of nitriles is 1.